The van der Waals surface area contributed by atoms with Gasteiger partial charge in [-0.25, -0.2) is 4.98 Å². The van der Waals surface area contributed by atoms with Crippen LogP contribution in [-0.4, -0.2) is 20.7 Å². The molecule has 0 saturated heterocycles. The molecule has 0 bridgehead atoms. The first-order valence-corrected chi connectivity index (χ1v) is 7.00. The summed E-state index contributed by atoms with van der Waals surface area (Å²) < 4.78 is 0. The molecule has 3 rings (SSSR count). The lowest BCUT2D eigenvalue weighted by Gasteiger charge is -2.04. The minimum Gasteiger partial charge on any atom is -0.337 e. The Bertz CT molecular complexity index is 685. The van der Waals surface area contributed by atoms with Crippen molar-refractivity contribution in [3.05, 3.63) is 55.4 Å². The summed E-state index contributed by atoms with van der Waals surface area (Å²) in [5.41, 5.74) is 3.01. The zero-order chi connectivity index (χ0) is 13.1. The second-order valence-corrected chi connectivity index (χ2v) is 5.14. The van der Waals surface area contributed by atoms with Crippen LogP contribution in [0.2, 0.25) is 0 Å². The van der Waals surface area contributed by atoms with Crippen LogP contribution in [0.4, 0.5) is 0 Å². The van der Waals surface area contributed by atoms with Gasteiger partial charge in [-0.2, -0.15) is 0 Å². The SMILES string of the molecule is C=CCSc1ccccc1-c1nc2ccncc2[nH]1. The monoisotopic (exact) mass is 267 g/mol. The molecular weight excluding hydrogens is 254 g/mol. The highest BCUT2D eigenvalue weighted by atomic mass is 32.2. The number of aromatic amines is 1. The Kier molecular flexibility index (Phi) is 3.33. The predicted octanol–water partition coefficient (Wildman–Crippen LogP) is 3.90. The van der Waals surface area contributed by atoms with Crippen molar-refractivity contribution in [2.45, 2.75) is 4.90 Å². The van der Waals surface area contributed by atoms with Crippen LogP contribution in [0.1, 0.15) is 0 Å². The number of H-pyrrole nitrogens is 1. The number of nitrogens with zero attached hydrogens (tertiary/aromatic N) is 2. The number of fused-ring (bicyclic) bond motifs is 1. The zero-order valence-electron chi connectivity index (χ0n) is 10.3. The fourth-order valence-corrected chi connectivity index (χ4v) is 2.71. The van der Waals surface area contributed by atoms with Gasteiger partial charge in [-0.1, -0.05) is 24.3 Å². The van der Waals surface area contributed by atoms with E-state index >= 15 is 0 Å². The first-order valence-electron chi connectivity index (χ1n) is 6.01. The lowest BCUT2D eigenvalue weighted by molar-refractivity contribution is 1.29. The van der Waals surface area contributed by atoms with Gasteiger partial charge in [0, 0.05) is 22.4 Å². The number of aromatic nitrogens is 3. The molecule has 3 nitrogen and oxygen atoms in total. The fourth-order valence-electron chi connectivity index (χ4n) is 1.92. The molecule has 0 aliphatic carbocycles. The molecule has 0 fully saturated rings. The van der Waals surface area contributed by atoms with Crippen molar-refractivity contribution < 1.29 is 0 Å². The molecule has 2 aromatic heterocycles. The van der Waals surface area contributed by atoms with Gasteiger partial charge in [0.15, 0.2) is 0 Å². The average Bonchev–Trinajstić information content (AvgIpc) is 2.89. The quantitative estimate of drug-likeness (QED) is 0.575. The molecule has 1 N–H and O–H groups in total. The summed E-state index contributed by atoms with van der Waals surface area (Å²) in [5, 5.41) is 0. The molecule has 0 aliphatic heterocycles. The van der Waals surface area contributed by atoms with Gasteiger partial charge < -0.3 is 4.98 Å². The summed E-state index contributed by atoms with van der Waals surface area (Å²) in [5.74, 6) is 1.77. The molecule has 1 aromatic carbocycles. The number of hydrogen-bond acceptors (Lipinski definition) is 3. The summed E-state index contributed by atoms with van der Waals surface area (Å²) in [7, 11) is 0. The molecule has 0 atom stereocenters. The number of thioether (sulfide) groups is 1. The van der Waals surface area contributed by atoms with Crippen LogP contribution < -0.4 is 0 Å². The number of imidazole rings is 1. The molecule has 0 amide bonds. The first-order chi connectivity index (χ1) is 9.38. The van der Waals surface area contributed by atoms with Crippen LogP contribution >= 0.6 is 11.8 Å². The molecule has 0 unspecified atom stereocenters. The van der Waals surface area contributed by atoms with Crippen molar-refractivity contribution in [2.24, 2.45) is 0 Å². The van der Waals surface area contributed by atoms with Crippen molar-refractivity contribution in [1.29, 1.82) is 0 Å². The van der Waals surface area contributed by atoms with E-state index in [2.05, 4.69) is 33.7 Å². The van der Waals surface area contributed by atoms with Crippen LogP contribution in [0.25, 0.3) is 22.4 Å². The van der Waals surface area contributed by atoms with Gasteiger partial charge in [0.1, 0.15) is 5.82 Å². The maximum atomic E-state index is 4.62. The van der Waals surface area contributed by atoms with E-state index in [1.165, 1.54) is 4.90 Å². The lowest BCUT2D eigenvalue weighted by Crippen LogP contribution is -1.84. The van der Waals surface area contributed by atoms with Crippen molar-refractivity contribution in [1.82, 2.24) is 15.0 Å². The topological polar surface area (TPSA) is 41.6 Å². The Hall–Kier alpha value is -2.07. The molecule has 0 spiro atoms. The molecule has 0 aliphatic rings. The summed E-state index contributed by atoms with van der Waals surface area (Å²) in [6.07, 6.45) is 5.46. The molecule has 2 heterocycles. The van der Waals surface area contributed by atoms with E-state index in [9.17, 15) is 0 Å². The largest absolute Gasteiger partial charge is 0.337 e. The van der Waals surface area contributed by atoms with Crippen LogP contribution in [0, 0.1) is 0 Å². The number of benzene rings is 1. The summed E-state index contributed by atoms with van der Waals surface area (Å²) in [6, 6.07) is 10.2. The van der Waals surface area contributed by atoms with Gasteiger partial charge in [-0.15, -0.1) is 18.3 Å². The molecule has 19 heavy (non-hydrogen) atoms. The minimum atomic E-state index is 0.884. The number of pyridine rings is 1. The van der Waals surface area contributed by atoms with E-state index in [1.807, 2.05) is 24.3 Å². The number of rotatable bonds is 4. The third-order valence-electron chi connectivity index (χ3n) is 2.78. The molecular formula is C15H13N3S. The van der Waals surface area contributed by atoms with Gasteiger partial charge in [-0.05, 0) is 12.1 Å². The van der Waals surface area contributed by atoms with E-state index in [0.29, 0.717) is 0 Å². The molecule has 4 heteroatoms. The third-order valence-corrected chi connectivity index (χ3v) is 3.85. The Labute approximate surface area is 115 Å². The molecule has 94 valence electrons. The Morgan fingerprint density at radius 1 is 1.26 bits per heavy atom. The highest BCUT2D eigenvalue weighted by molar-refractivity contribution is 7.99. The van der Waals surface area contributed by atoms with Crippen molar-refractivity contribution in [3.63, 3.8) is 0 Å². The first kappa shape index (κ1) is 12.0. The number of nitrogens with one attached hydrogen (secondary N) is 1. The van der Waals surface area contributed by atoms with Crippen molar-refractivity contribution in [3.8, 4) is 11.4 Å². The Balaban J connectivity index is 2.07. The van der Waals surface area contributed by atoms with E-state index in [4.69, 9.17) is 0 Å². The second-order valence-electron chi connectivity index (χ2n) is 4.07. The zero-order valence-corrected chi connectivity index (χ0v) is 11.2. The van der Waals surface area contributed by atoms with E-state index in [1.54, 1.807) is 24.2 Å². The van der Waals surface area contributed by atoms with E-state index in [0.717, 1.165) is 28.2 Å². The molecule has 0 radical (unpaired) electrons. The van der Waals surface area contributed by atoms with E-state index in [-0.39, 0.29) is 0 Å². The molecule has 3 aromatic rings. The lowest BCUT2D eigenvalue weighted by atomic mass is 10.2. The van der Waals surface area contributed by atoms with Gasteiger partial charge in [0.2, 0.25) is 0 Å². The maximum Gasteiger partial charge on any atom is 0.139 e. The smallest absolute Gasteiger partial charge is 0.139 e. The summed E-state index contributed by atoms with van der Waals surface area (Å²) in [4.78, 5) is 13.2. The van der Waals surface area contributed by atoms with Gasteiger partial charge in [0.05, 0.1) is 17.2 Å². The number of hydrogen-bond donors (Lipinski definition) is 1. The highest BCUT2D eigenvalue weighted by Gasteiger charge is 2.09. The van der Waals surface area contributed by atoms with Crippen LogP contribution in [-0.2, 0) is 0 Å². The second kappa shape index (κ2) is 5.28. The van der Waals surface area contributed by atoms with E-state index < -0.39 is 0 Å². The molecule has 0 saturated carbocycles. The maximum absolute atomic E-state index is 4.62. The van der Waals surface area contributed by atoms with Gasteiger partial charge in [-0.3, -0.25) is 4.98 Å². The minimum absolute atomic E-state index is 0.884. The average molecular weight is 267 g/mol. The summed E-state index contributed by atoms with van der Waals surface area (Å²) >= 11 is 1.76. The fraction of sp³-hybridized carbons (Fsp3) is 0.0667. The summed E-state index contributed by atoms with van der Waals surface area (Å²) in [6.45, 7) is 3.76. The Morgan fingerprint density at radius 3 is 3.00 bits per heavy atom. The van der Waals surface area contributed by atoms with Crippen LogP contribution in [0.5, 0.6) is 0 Å². The third kappa shape index (κ3) is 2.39. The van der Waals surface area contributed by atoms with Crippen molar-refractivity contribution >= 4 is 22.8 Å². The van der Waals surface area contributed by atoms with Gasteiger partial charge >= 0.3 is 0 Å². The normalized spacial score (nSPS) is 10.7. The Morgan fingerprint density at radius 2 is 2.16 bits per heavy atom. The van der Waals surface area contributed by atoms with Gasteiger partial charge in [0.25, 0.3) is 0 Å². The van der Waals surface area contributed by atoms with Crippen LogP contribution in [0.3, 0.4) is 0 Å². The standard InChI is InChI=1S/C15H13N3S/c1-2-9-19-14-6-4-3-5-11(14)15-17-12-7-8-16-10-13(12)18-15/h2-8,10H,1,9H2,(H,17,18). The van der Waals surface area contributed by atoms with Crippen molar-refractivity contribution in [2.75, 3.05) is 5.75 Å². The predicted molar refractivity (Wildman–Crippen MR) is 80.2 cm³/mol. The van der Waals surface area contributed by atoms with Crippen LogP contribution in [0.15, 0.2) is 60.3 Å². The highest BCUT2D eigenvalue weighted by Crippen LogP contribution is 2.30.